The van der Waals surface area contributed by atoms with Crippen molar-refractivity contribution in [3.63, 3.8) is 0 Å². The van der Waals surface area contributed by atoms with E-state index in [1.54, 1.807) is 11.9 Å². The van der Waals surface area contributed by atoms with Crippen LogP contribution in [-0.4, -0.2) is 37.1 Å². The summed E-state index contributed by atoms with van der Waals surface area (Å²) in [7, 11) is 1.78. The van der Waals surface area contributed by atoms with Crippen LogP contribution in [0.4, 0.5) is 4.79 Å². The third kappa shape index (κ3) is 4.93. The molecule has 1 N–H and O–H groups in total. The average Bonchev–Trinajstić information content (AvgIpc) is 2.58. The van der Waals surface area contributed by atoms with Crippen LogP contribution < -0.4 is 5.46 Å². The fraction of sp³-hybridized carbons (Fsp3) is 0.235. The molecule has 2 rings (SSSR count). The summed E-state index contributed by atoms with van der Waals surface area (Å²) in [4.78, 5) is 13.5. The van der Waals surface area contributed by atoms with Gasteiger partial charge < -0.3 is 14.7 Å². The SMILES string of the molecule is CN(CCc1ccc(BO)cc1)C(=O)OCc1ccccc1. The Balaban J connectivity index is 1.76. The highest BCUT2D eigenvalue weighted by Crippen LogP contribution is 2.04. The number of benzene rings is 2. The largest absolute Gasteiger partial charge is 0.449 e. The Morgan fingerprint density at radius 1 is 1.09 bits per heavy atom. The molecule has 0 saturated heterocycles. The number of likely N-dealkylation sites (N-methyl/N-ethyl adjacent to an activating group) is 1. The van der Waals surface area contributed by atoms with Crippen molar-refractivity contribution in [3.05, 3.63) is 65.7 Å². The summed E-state index contributed by atoms with van der Waals surface area (Å²) >= 11 is 0. The Morgan fingerprint density at radius 3 is 2.41 bits per heavy atom. The van der Waals surface area contributed by atoms with Crippen LogP contribution in [0.5, 0.6) is 0 Å². The van der Waals surface area contributed by atoms with Gasteiger partial charge in [-0.3, -0.25) is 0 Å². The van der Waals surface area contributed by atoms with Gasteiger partial charge in [-0.25, -0.2) is 4.79 Å². The zero-order valence-electron chi connectivity index (χ0n) is 12.7. The summed E-state index contributed by atoms with van der Waals surface area (Å²) in [5.74, 6) is 0. The van der Waals surface area contributed by atoms with Crippen LogP contribution in [0.2, 0.25) is 0 Å². The average molecular weight is 297 g/mol. The second-order valence-corrected chi connectivity index (χ2v) is 5.19. The van der Waals surface area contributed by atoms with Gasteiger partial charge in [-0.15, -0.1) is 0 Å². The molecule has 0 aromatic heterocycles. The topological polar surface area (TPSA) is 49.8 Å². The molecule has 0 fully saturated rings. The zero-order chi connectivity index (χ0) is 15.8. The smallest absolute Gasteiger partial charge is 0.409 e. The Labute approximate surface area is 131 Å². The van der Waals surface area contributed by atoms with Crippen molar-refractivity contribution in [2.45, 2.75) is 13.0 Å². The fourth-order valence-electron chi connectivity index (χ4n) is 2.03. The van der Waals surface area contributed by atoms with Gasteiger partial charge in [0.05, 0.1) is 0 Å². The van der Waals surface area contributed by atoms with Gasteiger partial charge in [-0.1, -0.05) is 60.1 Å². The summed E-state index contributed by atoms with van der Waals surface area (Å²) in [6.45, 7) is 0.876. The van der Waals surface area contributed by atoms with Crippen LogP contribution in [0.3, 0.4) is 0 Å². The first-order valence-electron chi connectivity index (χ1n) is 7.29. The Bertz CT molecular complexity index is 587. The summed E-state index contributed by atoms with van der Waals surface area (Å²) in [6, 6.07) is 17.3. The van der Waals surface area contributed by atoms with E-state index in [1.165, 1.54) is 0 Å². The number of nitrogens with zero attached hydrogens (tertiary/aromatic N) is 1. The molecule has 0 bridgehead atoms. The number of amides is 1. The zero-order valence-corrected chi connectivity index (χ0v) is 12.7. The second-order valence-electron chi connectivity index (χ2n) is 5.19. The molecule has 1 amide bonds. The summed E-state index contributed by atoms with van der Waals surface area (Å²) in [5, 5.41) is 9.00. The van der Waals surface area contributed by atoms with E-state index in [2.05, 4.69) is 0 Å². The van der Waals surface area contributed by atoms with Crippen LogP contribution in [0, 0.1) is 0 Å². The number of rotatable bonds is 6. The molecule has 5 heteroatoms. The lowest BCUT2D eigenvalue weighted by Crippen LogP contribution is -2.29. The van der Waals surface area contributed by atoms with Crippen LogP contribution in [0.25, 0.3) is 0 Å². The maximum absolute atomic E-state index is 11.9. The number of hydrogen-bond donors (Lipinski definition) is 1. The van der Waals surface area contributed by atoms with E-state index in [4.69, 9.17) is 9.76 Å². The molecule has 0 unspecified atom stereocenters. The first-order valence-corrected chi connectivity index (χ1v) is 7.29. The van der Waals surface area contributed by atoms with Gasteiger partial charge in [0, 0.05) is 13.6 Å². The third-order valence-electron chi connectivity index (χ3n) is 3.46. The van der Waals surface area contributed by atoms with Gasteiger partial charge in [0.1, 0.15) is 6.61 Å². The first-order chi connectivity index (χ1) is 10.7. The molecule has 0 saturated carbocycles. The van der Waals surface area contributed by atoms with Gasteiger partial charge in [0.2, 0.25) is 0 Å². The van der Waals surface area contributed by atoms with Crippen LogP contribution in [0.1, 0.15) is 11.1 Å². The predicted molar refractivity (Wildman–Crippen MR) is 88.4 cm³/mol. The van der Waals surface area contributed by atoms with Crippen molar-refractivity contribution in [1.82, 2.24) is 4.90 Å². The minimum atomic E-state index is -0.323. The van der Waals surface area contributed by atoms with Crippen LogP contribution in [-0.2, 0) is 17.8 Å². The normalized spacial score (nSPS) is 10.1. The lowest BCUT2D eigenvalue weighted by Gasteiger charge is -2.17. The van der Waals surface area contributed by atoms with Crippen molar-refractivity contribution in [1.29, 1.82) is 0 Å². The monoisotopic (exact) mass is 297 g/mol. The molecule has 0 aliphatic rings. The molecule has 2 aromatic rings. The lowest BCUT2D eigenvalue weighted by molar-refractivity contribution is 0.105. The Morgan fingerprint density at radius 2 is 1.77 bits per heavy atom. The minimum absolute atomic E-state index is 0.0476. The van der Waals surface area contributed by atoms with Gasteiger partial charge in [-0.05, 0) is 17.5 Å². The summed E-state index contributed by atoms with van der Waals surface area (Å²) < 4.78 is 5.27. The van der Waals surface area contributed by atoms with Gasteiger partial charge in [0.15, 0.2) is 0 Å². The molecular weight excluding hydrogens is 277 g/mol. The van der Waals surface area contributed by atoms with Crippen molar-refractivity contribution in [2.75, 3.05) is 13.6 Å². The molecule has 0 heterocycles. The van der Waals surface area contributed by atoms with E-state index >= 15 is 0 Å². The second kappa shape index (κ2) is 8.24. The molecule has 0 radical (unpaired) electrons. The van der Waals surface area contributed by atoms with Crippen molar-refractivity contribution in [2.24, 2.45) is 0 Å². The first kappa shape index (κ1) is 16.1. The van der Waals surface area contributed by atoms with Crippen LogP contribution in [0.15, 0.2) is 54.6 Å². The highest BCUT2D eigenvalue weighted by molar-refractivity contribution is 6.45. The van der Waals surface area contributed by atoms with Gasteiger partial charge >= 0.3 is 13.6 Å². The van der Waals surface area contributed by atoms with E-state index in [-0.39, 0.29) is 20.2 Å². The van der Waals surface area contributed by atoms with E-state index in [0.717, 1.165) is 23.0 Å². The van der Waals surface area contributed by atoms with E-state index in [0.29, 0.717) is 6.54 Å². The molecule has 4 nitrogen and oxygen atoms in total. The molecule has 0 spiro atoms. The molecule has 0 aliphatic carbocycles. The number of ether oxygens (including phenoxy) is 1. The van der Waals surface area contributed by atoms with E-state index in [9.17, 15) is 4.79 Å². The molecular formula is C17H20BNO3. The quantitative estimate of drug-likeness (QED) is 0.821. The third-order valence-corrected chi connectivity index (χ3v) is 3.46. The van der Waals surface area contributed by atoms with E-state index in [1.807, 2.05) is 54.6 Å². The van der Waals surface area contributed by atoms with Crippen molar-refractivity contribution in [3.8, 4) is 0 Å². The van der Waals surface area contributed by atoms with E-state index < -0.39 is 0 Å². The van der Waals surface area contributed by atoms with Gasteiger partial charge in [-0.2, -0.15) is 0 Å². The number of carbonyl (C=O) groups is 1. The highest BCUT2D eigenvalue weighted by Gasteiger charge is 2.10. The molecule has 2 aromatic carbocycles. The summed E-state index contributed by atoms with van der Waals surface area (Å²) in [5.41, 5.74) is 2.99. The molecule has 114 valence electrons. The maximum atomic E-state index is 11.9. The molecule has 0 atom stereocenters. The Kier molecular flexibility index (Phi) is 6.04. The standard InChI is InChI=1S/C17H20BNO3/c1-19(12-11-14-7-9-16(18-21)10-8-14)17(20)22-13-15-5-3-2-4-6-15/h2-10,18,21H,11-13H2,1H3. The predicted octanol–water partition coefficient (Wildman–Crippen LogP) is 1.47. The number of carbonyl (C=O) groups excluding carboxylic acids is 1. The Hall–Kier alpha value is -2.27. The van der Waals surface area contributed by atoms with Crippen LogP contribution >= 0.6 is 0 Å². The number of hydrogen-bond acceptors (Lipinski definition) is 3. The van der Waals surface area contributed by atoms with Gasteiger partial charge in [0.25, 0.3) is 0 Å². The minimum Gasteiger partial charge on any atom is -0.449 e. The highest BCUT2D eigenvalue weighted by atomic mass is 16.6. The molecule has 0 aliphatic heterocycles. The lowest BCUT2D eigenvalue weighted by atomic mass is 9.88. The van der Waals surface area contributed by atoms with Crippen molar-refractivity contribution < 1.29 is 14.6 Å². The molecule has 22 heavy (non-hydrogen) atoms. The summed E-state index contributed by atoms with van der Waals surface area (Å²) in [6.07, 6.45) is 0.429. The maximum Gasteiger partial charge on any atom is 0.409 e. The van der Waals surface area contributed by atoms with Crippen molar-refractivity contribution >= 4 is 19.0 Å². The fourth-order valence-corrected chi connectivity index (χ4v) is 2.03.